The zero-order valence-corrected chi connectivity index (χ0v) is 17.4. The van der Waals surface area contributed by atoms with E-state index in [-0.39, 0.29) is 17.4 Å². The molecular weight excluding hydrogens is 414 g/mol. The maximum absolute atomic E-state index is 13.0. The van der Waals surface area contributed by atoms with Crippen molar-refractivity contribution in [1.29, 1.82) is 0 Å². The van der Waals surface area contributed by atoms with Crippen LogP contribution in [0.15, 0.2) is 21.7 Å². The molecule has 10 nitrogen and oxygen atoms in total. The van der Waals surface area contributed by atoms with Gasteiger partial charge in [0.15, 0.2) is 11.5 Å². The Hall–Kier alpha value is -3.14. The molecule has 2 N–H and O–H groups in total. The molecule has 3 heterocycles. The third-order valence-electron chi connectivity index (χ3n) is 5.41. The number of anilines is 2. The number of carbonyl (C=O) groups is 1. The highest BCUT2D eigenvalue weighted by Gasteiger charge is 2.28. The van der Waals surface area contributed by atoms with E-state index in [9.17, 15) is 14.4 Å². The Morgan fingerprint density at radius 2 is 1.70 bits per heavy atom. The Morgan fingerprint density at radius 3 is 2.40 bits per heavy atom. The second kappa shape index (κ2) is 7.60. The second-order valence-corrected chi connectivity index (χ2v) is 7.61. The number of ether oxygens (including phenoxy) is 2. The Kier molecular flexibility index (Phi) is 5.10. The van der Waals surface area contributed by atoms with Gasteiger partial charge in [0.05, 0.1) is 5.02 Å². The molecule has 2 aliphatic rings. The molecule has 2 aromatic rings. The zero-order valence-electron chi connectivity index (χ0n) is 16.7. The molecule has 1 amide bonds. The summed E-state index contributed by atoms with van der Waals surface area (Å²) in [5.74, 6) is 0.832. The molecule has 11 heteroatoms. The molecule has 1 fully saturated rings. The SMILES string of the molecule is Cn1c(N)c(N2CCN(C(=O)c3cc(Cl)c4c(c3)OCCO4)CC2)c(=O)n(C)c1=O. The fourth-order valence-corrected chi connectivity index (χ4v) is 3.95. The van der Waals surface area contributed by atoms with Crippen molar-refractivity contribution in [1.82, 2.24) is 14.0 Å². The van der Waals surface area contributed by atoms with Gasteiger partial charge < -0.3 is 25.0 Å². The molecule has 0 radical (unpaired) electrons. The second-order valence-electron chi connectivity index (χ2n) is 7.20. The van der Waals surface area contributed by atoms with E-state index in [4.69, 9.17) is 26.8 Å². The average molecular weight is 436 g/mol. The summed E-state index contributed by atoms with van der Waals surface area (Å²) < 4.78 is 13.3. The van der Waals surface area contributed by atoms with Crippen LogP contribution < -0.4 is 31.4 Å². The van der Waals surface area contributed by atoms with Crippen LogP contribution in [0.1, 0.15) is 10.4 Å². The fraction of sp³-hybridized carbons (Fsp3) is 0.421. The molecule has 1 aromatic carbocycles. The quantitative estimate of drug-likeness (QED) is 0.709. The predicted molar refractivity (Wildman–Crippen MR) is 112 cm³/mol. The van der Waals surface area contributed by atoms with Crippen molar-refractivity contribution >= 4 is 29.0 Å². The highest BCUT2D eigenvalue weighted by molar-refractivity contribution is 6.32. The van der Waals surface area contributed by atoms with Gasteiger partial charge in [0, 0.05) is 45.8 Å². The normalized spacial score (nSPS) is 16.0. The molecule has 0 unspecified atom stereocenters. The number of hydrogen-bond acceptors (Lipinski definition) is 7. The number of amides is 1. The molecule has 30 heavy (non-hydrogen) atoms. The number of nitrogens with two attached hydrogens (primary N) is 1. The number of rotatable bonds is 2. The molecular formula is C19H22ClN5O5. The summed E-state index contributed by atoms with van der Waals surface area (Å²) in [6.07, 6.45) is 0. The third kappa shape index (κ3) is 3.26. The van der Waals surface area contributed by atoms with E-state index in [1.807, 2.05) is 0 Å². The number of aromatic nitrogens is 2. The Labute approximate surface area is 176 Å². The first-order chi connectivity index (χ1) is 14.3. The van der Waals surface area contributed by atoms with E-state index in [1.165, 1.54) is 18.7 Å². The summed E-state index contributed by atoms with van der Waals surface area (Å²) >= 11 is 6.25. The number of hydrogen-bond donors (Lipinski definition) is 1. The van der Waals surface area contributed by atoms with Crippen LogP contribution in [0.25, 0.3) is 0 Å². The first kappa shape index (κ1) is 20.1. The van der Waals surface area contributed by atoms with Crippen LogP contribution in [0.5, 0.6) is 11.5 Å². The van der Waals surface area contributed by atoms with Crippen LogP contribution in [0.2, 0.25) is 5.02 Å². The standard InChI is InChI=1S/C19H22ClN5O5/c1-22-16(21)14(18(27)23(2)19(22)28)24-3-5-25(6-4-24)17(26)11-9-12(20)15-13(10-11)29-7-8-30-15/h9-10H,3-8,21H2,1-2H3. The van der Waals surface area contributed by atoms with E-state index in [0.29, 0.717) is 61.5 Å². The van der Waals surface area contributed by atoms with Crippen LogP contribution >= 0.6 is 11.6 Å². The van der Waals surface area contributed by atoms with Crippen LogP contribution in [-0.4, -0.2) is 59.3 Å². The van der Waals surface area contributed by atoms with Gasteiger partial charge in [-0.1, -0.05) is 11.6 Å². The predicted octanol–water partition coefficient (Wildman–Crippen LogP) is 0.0532. The van der Waals surface area contributed by atoms with E-state index in [1.54, 1.807) is 21.9 Å². The third-order valence-corrected chi connectivity index (χ3v) is 5.69. The number of nitrogens with zero attached hydrogens (tertiary/aromatic N) is 4. The van der Waals surface area contributed by atoms with E-state index in [0.717, 1.165) is 4.57 Å². The monoisotopic (exact) mass is 435 g/mol. The van der Waals surface area contributed by atoms with Gasteiger partial charge in [0.25, 0.3) is 11.5 Å². The fourth-order valence-electron chi connectivity index (χ4n) is 3.69. The van der Waals surface area contributed by atoms with E-state index < -0.39 is 11.2 Å². The van der Waals surface area contributed by atoms with Gasteiger partial charge in [0.1, 0.15) is 24.7 Å². The highest BCUT2D eigenvalue weighted by Crippen LogP contribution is 2.38. The first-order valence-electron chi connectivity index (χ1n) is 9.48. The van der Waals surface area contributed by atoms with Crippen molar-refractivity contribution < 1.29 is 14.3 Å². The van der Waals surface area contributed by atoms with Gasteiger partial charge in [-0.25, -0.2) is 4.79 Å². The lowest BCUT2D eigenvalue weighted by Gasteiger charge is -2.36. The summed E-state index contributed by atoms with van der Waals surface area (Å²) in [6.45, 7) is 2.39. The molecule has 4 rings (SSSR count). The largest absolute Gasteiger partial charge is 0.486 e. The lowest BCUT2D eigenvalue weighted by molar-refractivity contribution is 0.0745. The average Bonchev–Trinajstić information content (AvgIpc) is 2.76. The molecule has 0 spiro atoms. The topological polar surface area (TPSA) is 112 Å². The van der Waals surface area contributed by atoms with Gasteiger partial charge in [-0.05, 0) is 12.1 Å². The van der Waals surface area contributed by atoms with Crippen LogP contribution in [0.4, 0.5) is 11.5 Å². The maximum atomic E-state index is 13.0. The first-order valence-corrected chi connectivity index (χ1v) is 9.86. The number of halogens is 1. The Morgan fingerprint density at radius 1 is 1.03 bits per heavy atom. The smallest absolute Gasteiger partial charge is 0.332 e. The van der Waals surface area contributed by atoms with Crippen molar-refractivity contribution in [3.63, 3.8) is 0 Å². The highest BCUT2D eigenvalue weighted by atomic mass is 35.5. The summed E-state index contributed by atoms with van der Waals surface area (Å²) in [5.41, 5.74) is 5.79. The van der Waals surface area contributed by atoms with Crippen molar-refractivity contribution in [2.24, 2.45) is 14.1 Å². The Balaban J connectivity index is 1.53. The van der Waals surface area contributed by atoms with Crippen LogP contribution in [0.3, 0.4) is 0 Å². The number of fused-ring (bicyclic) bond motifs is 1. The van der Waals surface area contributed by atoms with Crippen molar-refractivity contribution in [2.75, 3.05) is 50.0 Å². The number of nitrogen functional groups attached to an aromatic ring is 1. The van der Waals surface area contributed by atoms with Gasteiger partial charge in [-0.3, -0.25) is 18.7 Å². The van der Waals surface area contributed by atoms with E-state index >= 15 is 0 Å². The van der Waals surface area contributed by atoms with Gasteiger partial charge >= 0.3 is 5.69 Å². The molecule has 160 valence electrons. The maximum Gasteiger partial charge on any atom is 0.332 e. The van der Waals surface area contributed by atoms with Gasteiger partial charge in [-0.2, -0.15) is 0 Å². The molecule has 1 aromatic heterocycles. The minimum absolute atomic E-state index is 0.112. The molecule has 0 saturated carbocycles. The van der Waals surface area contributed by atoms with Crippen molar-refractivity contribution in [3.05, 3.63) is 43.6 Å². The van der Waals surface area contributed by atoms with Crippen molar-refractivity contribution in [2.45, 2.75) is 0 Å². The summed E-state index contributed by atoms with van der Waals surface area (Å²) in [4.78, 5) is 41.1. The minimum atomic E-state index is -0.481. The molecule has 1 saturated heterocycles. The number of carbonyl (C=O) groups excluding carboxylic acids is 1. The van der Waals surface area contributed by atoms with Gasteiger partial charge in [-0.15, -0.1) is 0 Å². The van der Waals surface area contributed by atoms with Crippen molar-refractivity contribution in [3.8, 4) is 11.5 Å². The summed E-state index contributed by atoms with van der Waals surface area (Å²) in [6, 6.07) is 3.21. The summed E-state index contributed by atoms with van der Waals surface area (Å²) in [5, 5.41) is 0.329. The number of piperazine rings is 1. The van der Waals surface area contributed by atoms with Crippen LogP contribution in [0, 0.1) is 0 Å². The van der Waals surface area contributed by atoms with Crippen LogP contribution in [-0.2, 0) is 14.1 Å². The summed E-state index contributed by atoms with van der Waals surface area (Å²) in [7, 11) is 2.94. The molecule has 0 atom stereocenters. The van der Waals surface area contributed by atoms with E-state index in [2.05, 4.69) is 0 Å². The molecule has 0 aliphatic carbocycles. The number of benzene rings is 1. The lowest BCUT2D eigenvalue weighted by atomic mass is 10.1. The zero-order chi connectivity index (χ0) is 21.6. The Bertz CT molecular complexity index is 1130. The minimum Gasteiger partial charge on any atom is -0.486 e. The molecule has 0 bridgehead atoms. The van der Waals surface area contributed by atoms with Gasteiger partial charge in [0.2, 0.25) is 0 Å². The lowest BCUT2D eigenvalue weighted by Crippen LogP contribution is -2.52. The molecule has 2 aliphatic heterocycles.